The standard InChI is InChI=1S/C14H19N5/c1-14(9-5-2-6-10-14)19-13(16-17-18-19)11-7-3-4-8-12(11)15/h3-4,7-8H,2,5-6,9-10,15H2,1H3. The van der Waals surface area contributed by atoms with E-state index in [1.165, 1.54) is 19.3 Å². The van der Waals surface area contributed by atoms with E-state index in [0.29, 0.717) is 0 Å². The van der Waals surface area contributed by atoms with Crippen molar-refractivity contribution in [3.63, 3.8) is 0 Å². The van der Waals surface area contributed by atoms with Crippen LogP contribution in [0.5, 0.6) is 0 Å². The van der Waals surface area contributed by atoms with Crippen LogP contribution in [0.2, 0.25) is 0 Å². The highest BCUT2D eigenvalue weighted by atomic mass is 15.6. The number of hydrogen-bond acceptors (Lipinski definition) is 4. The summed E-state index contributed by atoms with van der Waals surface area (Å²) < 4.78 is 1.97. The smallest absolute Gasteiger partial charge is 0.184 e. The normalized spacial score (nSPS) is 18.4. The zero-order valence-corrected chi connectivity index (χ0v) is 11.2. The van der Waals surface area contributed by atoms with Gasteiger partial charge < -0.3 is 5.73 Å². The van der Waals surface area contributed by atoms with Gasteiger partial charge in [0.1, 0.15) is 0 Å². The highest BCUT2D eigenvalue weighted by Crippen LogP contribution is 2.36. The Bertz CT molecular complexity index is 569. The lowest BCUT2D eigenvalue weighted by molar-refractivity contribution is 0.197. The second-order valence-electron chi connectivity index (χ2n) is 5.56. The van der Waals surface area contributed by atoms with Crippen molar-refractivity contribution in [2.75, 3.05) is 5.73 Å². The van der Waals surface area contributed by atoms with Crippen LogP contribution in [0.15, 0.2) is 24.3 Å². The summed E-state index contributed by atoms with van der Waals surface area (Å²) in [6.45, 7) is 2.24. The van der Waals surface area contributed by atoms with Gasteiger partial charge in [-0.25, -0.2) is 4.68 Å². The van der Waals surface area contributed by atoms with Gasteiger partial charge in [0.25, 0.3) is 0 Å². The molecule has 19 heavy (non-hydrogen) atoms. The van der Waals surface area contributed by atoms with E-state index in [1.54, 1.807) is 0 Å². The van der Waals surface area contributed by atoms with Crippen molar-refractivity contribution in [2.45, 2.75) is 44.6 Å². The molecule has 2 N–H and O–H groups in total. The van der Waals surface area contributed by atoms with Crippen molar-refractivity contribution in [1.29, 1.82) is 0 Å². The maximum absolute atomic E-state index is 6.04. The van der Waals surface area contributed by atoms with E-state index in [9.17, 15) is 0 Å². The van der Waals surface area contributed by atoms with E-state index < -0.39 is 0 Å². The Morgan fingerprint density at radius 1 is 1.16 bits per heavy atom. The molecule has 0 spiro atoms. The Labute approximate surface area is 112 Å². The first-order valence-corrected chi connectivity index (χ1v) is 6.84. The number of anilines is 1. The summed E-state index contributed by atoms with van der Waals surface area (Å²) in [5.74, 6) is 0.780. The number of rotatable bonds is 2. The Morgan fingerprint density at radius 2 is 1.89 bits per heavy atom. The third-order valence-electron chi connectivity index (χ3n) is 4.11. The molecule has 0 saturated heterocycles. The first kappa shape index (κ1) is 12.1. The number of nitrogens with zero attached hydrogens (tertiary/aromatic N) is 4. The fourth-order valence-corrected chi connectivity index (χ4v) is 2.94. The van der Waals surface area contributed by atoms with Gasteiger partial charge in [0.05, 0.1) is 5.54 Å². The maximum Gasteiger partial charge on any atom is 0.184 e. The van der Waals surface area contributed by atoms with Crippen LogP contribution >= 0.6 is 0 Å². The Morgan fingerprint density at radius 3 is 2.63 bits per heavy atom. The number of para-hydroxylation sites is 1. The van der Waals surface area contributed by atoms with Gasteiger partial charge in [0.15, 0.2) is 5.82 Å². The largest absolute Gasteiger partial charge is 0.398 e. The maximum atomic E-state index is 6.04. The second kappa shape index (κ2) is 4.64. The molecular formula is C14H19N5. The molecule has 1 heterocycles. The van der Waals surface area contributed by atoms with Crippen molar-refractivity contribution in [2.24, 2.45) is 0 Å². The molecule has 5 nitrogen and oxygen atoms in total. The summed E-state index contributed by atoms with van der Waals surface area (Å²) in [5.41, 5.74) is 7.69. The first-order chi connectivity index (χ1) is 9.21. The molecule has 1 aliphatic rings. The van der Waals surface area contributed by atoms with E-state index in [2.05, 4.69) is 22.4 Å². The molecule has 100 valence electrons. The third kappa shape index (κ3) is 2.09. The zero-order chi connectivity index (χ0) is 13.3. The fraction of sp³-hybridized carbons (Fsp3) is 0.500. The topological polar surface area (TPSA) is 69.6 Å². The minimum Gasteiger partial charge on any atom is -0.398 e. The van der Waals surface area contributed by atoms with Gasteiger partial charge >= 0.3 is 0 Å². The van der Waals surface area contributed by atoms with Crippen molar-refractivity contribution in [3.8, 4) is 11.4 Å². The highest BCUT2D eigenvalue weighted by molar-refractivity contribution is 5.71. The van der Waals surface area contributed by atoms with E-state index in [-0.39, 0.29) is 5.54 Å². The van der Waals surface area contributed by atoms with Crippen LogP contribution in [0, 0.1) is 0 Å². The fourth-order valence-electron chi connectivity index (χ4n) is 2.94. The van der Waals surface area contributed by atoms with Crippen LogP contribution < -0.4 is 5.73 Å². The van der Waals surface area contributed by atoms with Crippen LogP contribution in [-0.4, -0.2) is 20.2 Å². The quantitative estimate of drug-likeness (QED) is 0.839. The third-order valence-corrected chi connectivity index (χ3v) is 4.11. The van der Waals surface area contributed by atoms with E-state index >= 15 is 0 Å². The molecule has 0 bridgehead atoms. The summed E-state index contributed by atoms with van der Waals surface area (Å²) in [6, 6.07) is 7.75. The van der Waals surface area contributed by atoms with Gasteiger partial charge in [-0.1, -0.05) is 31.4 Å². The SMILES string of the molecule is CC1(n2nnnc2-c2ccccc2N)CCCCC1. The Kier molecular flexibility index (Phi) is 2.97. The lowest BCUT2D eigenvalue weighted by Gasteiger charge is -2.34. The number of nitrogens with two attached hydrogens (primary N) is 1. The molecule has 0 unspecified atom stereocenters. The summed E-state index contributed by atoms with van der Waals surface area (Å²) in [5, 5.41) is 12.3. The minimum absolute atomic E-state index is 0.0133. The van der Waals surface area contributed by atoms with Gasteiger partial charge in [-0.3, -0.25) is 0 Å². The van der Waals surface area contributed by atoms with Crippen molar-refractivity contribution < 1.29 is 0 Å². The average Bonchev–Trinajstić information content (AvgIpc) is 2.90. The summed E-state index contributed by atoms with van der Waals surface area (Å²) in [7, 11) is 0. The van der Waals surface area contributed by atoms with Crippen LogP contribution in [0.1, 0.15) is 39.0 Å². The predicted molar refractivity (Wildman–Crippen MR) is 74.4 cm³/mol. The highest BCUT2D eigenvalue weighted by Gasteiger charge is 2.32. The summed E-state index contributed by atoms with van der Waals surface area (Å²) >= 11 is 0. The van der Waals surface area contributed by atoms with E-state index in [4.69, 9.17) is 5.73 Å². The van der Waals surface area contributed by atoms with Crippen molar-refractivity contribution in [1.82, 2.24) is 20.2 Å². The molecule has 0 aliphatic heterocycles. The molecule has 2 aromatic rings. The molecule has 5 heteroatoms. The van der Waals surface area contributed by atoms with E-state index in [0.717, 1.165) is 29.9 Å². The zero-order valence-electron chi connectivity index (χ0n) is 11.2. The van der Waals surface area contributed by atoms with Gasteiger partial charge in [-0.2, -0.15) is 0 Å². The van der Waals surface area contributed by atoms with Crippen LogP contribution in [0.4, 0.5) is 5.69 Å². The number of hydrogen-bond donors (Lipinski definition) is 1. The Hall–Kier alpha value is -1.91. The first-order valence-electron chi connectivity index (χ1n) is 6.84. The Balaban J connectivity index is 2.06. The number of nitrogen functional groups attached to an aromatic ring is 1. The summed E-state index contributed by atoms with van der Waals surface area (Å²) in [6.07, 6.45) is 6.02. The van der Waals surface area contributed by atoms with E-state index in [1.807, 2.05) is 28.9 Å². The van der Waals surface area contributed by atoms with Gasteiger partial charge in [0, 0.05) is 11.3 Å². The van der Waals surface area contributed by atoms with Crippen LogP contribution in [0.25, 0.3) is 11.4 Å². The number of aromatic nitrogens is 4. The molecule has 0 amide bonds. The second-order valence-corrected chi connectivity index (χ2v) is 5.56. The summed E-state index contributed by atoms with van der Waals surface area (Å²) in [4.78, 5) is 0. The van der Waals surface area contributed by atoms with Crippen molar-refractivity contribution >= 4 is 5.69 Å². The van der Waals surface area contributed by atoms with Crippen molar-refractivity contribution in [3.05, 3.63) is 24.3 Å². The molecule has 1 aromatic carbocycles. The van der Waals surface area contributed by atoms with Gasteiger partial charge in [-0.15, -0.1) is 5.10 Å². The number of benzene rings is 1. The molecular weight excluding hydrogens is 238 g/mol. The molecule has 0 atom stereocenters. The molecule has 1 aliphatic carbocycles. The molecule has 1 aromatic heterocycles. The van der Waals surface area contributed by atoms with Gasteiger partial charge in [0.2, 0.25) is 0 Å². The molecule has 1 fully saturated rings. The molecule has 1 saturated carbocycles. The molecule has 3 rings (SSSR count). The molecule has 0 radical (unpaired) electrons. The monoisotopic (exact) mass is 257 g/mol. The van der Waals surface area contributed by atoms with Crippen LogP contribution in [-0.2, 0) is 5.54 Å². The average molecular weight is 257 g/mol. The van der Waals surface area contributed by atoms with Gasteiger partial charge in [-0.05, 0) is 42.3 Å². The van der Waals surface area contributed by atoms with Crippen LogP contribution in [0.3, 0.4) is 0 Å². The lowest BCUT2D eigenvalue weighted by Crippen LogP contribution is -2.34. The number of tetrazole rings is 1. The lowest BCUT2D eigenvalue weighted by atomic mass is 9.83. The predicted octanol–water partition coefficient (Wildman–Crippen LogP) is 2.60. The minimum atomic E-state index is 0.0133.